The van der Waals surface area contributed by atoms with Crippen LogP contribution >= 0.6 is 0 Å². The SMILES string of the molecule is CC(C)(C)N(CC(O[Si](C)(C)C)c1ccc(O[Si](C)(C)C)c(CO[Si](C)(C)C)c1)C(=O)C(F)(F)F. The van der Waals surface area contributed by atoms with E-state index in [4.69, 9.17) is 13.3 Å². The summed E-state index contributed by atoms with van der Waals surface area (Å²) in [5.74, 6) is -1.15. The molecule has 0 aliphatic rings. The van der Waals surface area contributed by atoms with Crippen molar-refractivity contribution < 1.29 is 31.2 Å². The quantitative estimate of drug-likeness (QED) is 0.286. The first-order chi connectivity index (χ1) is 15.4. The van der Waals surface area contributed by atoms with Crippen LogP contribution in [0.4, 0.5) is 13.2 Å². The predicted octanol–water partition coefficient (Wildman–Crippen LogP) is 7.33. The molecule has 1 amide bonds. The van der Waals surface area contributed by atoms with Crippen LogP contribution in [0.1, 0.15) is 38.0 Å². The minimum absolute atomic E-state index is 0.214. The fourth-order valence-electron chi connectivity index (χ4n) is 3.25. The summed E-state index contributed by atoms with van der Waals surface area (Å²) in [6.07, 6.45) is -5.69. The third kappa shape index (κ3) is 11.6. The number of hydrogen-bond donors (Lipinski definition) is 0. The van der Waals surface area contributed by atoms with Crippen LogP contribution < -0.4 is 4.43 Å². The molecule has 0 N–H and O–H groups in total. The molecule has 0 aliphatic carbocycles. The van der Waals surface area contributed by atoms with Gasteiger partial charge in [-0.3, -0.25) is 4.79 Å². The van der Waals surface area contributed by atoms with Gasteiger partial charge in [-0.1, -0.05) is 6.07 Å². The molecule has 35 heavy (non-hydrogen) atoms. The summed E-state index contributed by atoms with van der Waals surface area (Å²) in [7, 11) is -5.95. The lowest BCUT2D eigenvalue weighted by Crippen LogP contribution is -2.53. The number of carbonyl (C=O) groups is 1. The highest BCUT2D eigenvalue weighted by Crippen LogP contribution is 2.33. The highest BCUT2D eigenvalue weighted by Gasteiger charge is 2.46. The number of benzene rings is 1. The lowest BCUT2D eigenvalue weighted by atomic mass is 10.0. The van der Waals surface area contributed by atoms with Gasteiger partial charge in [-0.25, -0.2) is 0 Å². The molecule has 11 heteroatoms. The van der Waals surface area contributed by atoms with Crippen LogP contribution in [-0.2, 0) is 20.3 Å². The summed E-state index contributed by atoms with van der Waals surface area (Å²) in [6, 6.07) is 5.58. The summed E-state index contributed by atoms with van der Waals surface area (Å²) < 4.78 is 59.2. The maximum Gasteiger partial charge on any atom is 0.471 e. The molecule has 1 rings (SSSR count). The molecule has 0 aliphatic heterocycles. The molecule has 0 saturated heterocycles. The lowest BCUT2D eigenvalue weighted by molar-refractivity contribution is -0.191. The monoisotopic (exact) mass is 551 g/mol. The van der Waals surface area contributed by atoms with Gasteiger partial charge in [0.15, 0.2) is 16.6 Å². The fraction of sp³-hybridized carbons (Fsp3) is 0.708. The highest BCUT2D eigenvalue weighted by atomic mass is 28.4. The average molecular weight is 552 g/mol. The Bertz CT molecular complexity index is 867. The van der Waals surface area contributed by atoms with E-state index in [-0.39, 0.29) is 6.54 Å². The van der Waals surface area contributed by atoms with Gasteiger partial charge in [0.25, 0.3) is 0 Å². The van der Waals surface area contributed by atoms with Crippen molar-refractivity contribution in [1.29, 1.82) is 0 Å². The van der Waals surface area contributed by atoms with Gasteiger partial charge in [0, 0.05) is 11.1 Å². The lowest BCUT2D eigenvalue weighted by Gasteiger charge is -2.40. The Hall–Kier alpha value is -1.15. The summed E-state index contributed by atoms with van der Waals surface area (Å²) in [5.41, 5.74) is 0.493. The van der Waals surface area contributed by atoms with E-state index in [1.54, 1.807) is 20.8 Å². The average Bonchev–Trinajstić information content (AvgIpc) is 2.59. The maximum absolute atomic E-state index is 13.5. The van der Waals surface area contributed by atoms with Gasteiger partial charge in [-0.05, 0) is 97.4 Å². The number of carbonyl (C=O) groups excluding carboxylic acids is 1. The van der Waals surface area contributed by atoms with E-state index in [9.17, 15) is 18.0 Å². The second kappa shape index (κ2) is 11.1. The van der Waals surface area contributed by atoms with Gasteiger partial charge < -0.3 is 18.2 Å². The predicted molar refractivity (Wildman–Crippen MR) is 143 cm³/mol. The zero-order valence-corrected chi connectivity index (χ0v) is 26.4. The van der Waals surface area contributed by atoms with E-state index in [0.717, 1.165) is 16.2 Å². The highest BCUT2D eigenvalue weighted by molar-refractivity contribution is 6.70. The minimum atomic E-state index is -4.97. The number of nitrogens with zero attached hydrogens (tertiary/aromatic N) is 1. The maximum atomic E-state index is 13.5. The van der Waals surface area contributed by atoms with Gasteiger partial charge in [0.2, 0.25) is 8.32 Å². The van der Waals surface area contributed by atoms with Crippen molar-refractivity contribution in [3.05, 3.63) is 29.3 Å². The van der Waals surface area contributed by atoms with Crippen molar-refractivity contribution >= 4 is 30.9 Å². The molecule has 202 valence electrons. The van der Waals surface area contributed by atoms with Crippen LogP contribution in [0.3, 0.4) is 0 Å². The third-order valence-corrected chi connectivity index (χ3v) is 7.51. The van der Waals surface area contributed by atoms with Crippen LogP contribution in [-0.4, -0.2) is 54.0 Å². The first-order valence-corrected chi connectivity index (χ1v) is 22.1. The molecule has 0 aromatic heterocycles. The normalized spacial score (nSPS) is 14.6. The first-order valence-electron chi connectivity index (χ1n) is 11.9. The molecule has 0 radical (unpaired) electrons. The summed E-state index contributed by atoms with van der Waals surface area (Å²) >= 11 is 0. The van der Waals surface area contributed by atoms with Crippen molar-refractivity contribution in [3.8, 4) is 5.75 Å². The van der Waals surface area contributed by atoms with E-state index >= 15 is 0 Å². The minimum Gasteiger partial charge on any atom is -0.544 e. The molecule has 0 fully saturated rings. The second-order valence-electron chi connectivity index (χ2n) is 12.8. The molecule has 1 aromatic rings. The molecule has 1 aromatic carbocycles. The standard InChI is InChI=1S/C24H44F3NO4Si3/c1-23(2,3)28(22(29)24(25,26)27)16-21(32-35(10,11)12)18-13-14-20(31-34(7,8)9)19(15-18)17-30-33(4,5)6/h13-15,21H,16-17H2,1-12H3. The van der Waals surface area contributed by atoms with Crippen molar-refractivity contribution in [1.82, 2.24) is 4.90 Å². The summed E-state index contributed by atoms with van der Waals surface area (Å²) in [5, 5.41) is 0. The number of alkyl halides is 3. The van der Waals surface area contributed by atoms with Gasteiger partial charge in [0.1, 0.15) is 5.75 Å². The van der Waals surface area contributed by atoms with E-state index < -0.39 is 48.7 Å². The Kier molecular flexibility index (Phi) is 10.1. The second-order valence-corrected chi connectivity index (χ2v) is 26.2. The van der Waals surface area contributed by atoms with E-state index in [0.29, 0.717) is 12.2 Å². The summed E-state index contributed by atoms with van der Waals surface area (Å²) in [6.45, 7) is 23.4. The number of halogens is 3. The van der Waals surface area contributed by atoms with Crippen LogP contribution in [0.5, 0.6) is 5.75 Å². The zero-order valence-electron chi connectivity index (χ0n) is 23.4. The number of amides is 1. The molecule has 0 spiro atoms. The number of hydrogen-bond acceptors (Lipinski definition) is 4. The van der Waals surface area contributed by atoms with Crippen molar-refractivity contribution in [3.63, 3.8) is 0 Å². The van der Waals surface area contributed by atoms with E-state index in [2.05, 4.69) is 39.3 Å². The molecule has 0 saturated carbocycles. The smallest absolute Gasteiger partial charge is 0.471 e. The van der Waals surface area contributed by atoms with Gasteiger partial charge in [-0.15, -0.1) is 0 Å². The Morgan fingerprint density at radius 3 is 1.86 bits per heavy atom. The van der Waals surface area contributed by atoms with Gasteiger partial charge in [0.05, 0.1) is 19.3 Å². The summed E-state index contributed by atoms with van der Waals surface area (Å²) in [4.78, 5) is 13.2. The van der Waals surface area contributed by atoms with Crippen LogP contribution in [0.15, 0.2) is 18.2 Å². The third-order valence-electron chi connectivity index (χ3n) is 4.67. The molecule has 5 nitrogen and oxygen atoms in total. The Morgan fingerprint density at radius 1 is 0.914 bits per heavy atom. The first kappa shape index (κ1) is 31.9. The van der Waals surface area contributed by atoms with Crippen molar-refractivity contribution in [2.45, 2.75) is 104 Å². The zero-order chi connectivity index (χ0) is 27.6. The Labute approximate surface area is 212 Å². The van der Waals surface area contributed by atoms with Gasteiger partial charge >= 0.3 is 12.1 Å². The molecule has 1 unspecified atom stereocenters. The molecular formula is C24H44F3NO4Si3. The van der Waals surface area contributed by atoms with Crippen LogP contribution in [0, 0.1) is 0 Å². The van der Waals surface area contributed by atoms with E-state index in [1.165, 1.54) is 0 Å². The van der Waals surface area contributed by atoms with Crippen LogP contribution in [0.2, 0.25) is 58.9 Å². The topological polar surface area (TPSA) is 48.0 Å². The van der Waals surface area contributed by atoms with Crippen molar-refractivity contribution in [2.75, 3.05) is 6.54 Å². The molecule has 0 heterocycles. The van der Waals surface area contributed by atoms with E-state index in [1.807, 2.05) is 37.8 Å². The van der Waals surface area contributed by atoms with Crippen LogP contribution in [0.25, 0.3) is 0 Å². The number of rotatable bonds is 10. The molecule has 0 bridgehead atoms. The molecular weight excluding hydrogens is 508 g/mol. The Morgan fingerprint density at radius 2 is 1.46 bits per heavy atom. The molecule has 1 atom stereocenters. The Balaban J connectivity index is 3.56. The largest absolute Gasteiger partial charge is 0.544 e. The fourth-order valence-corrected chi connectivity index (χ4v) is 5.77. The van der Waals surface area contributed by atoms with Gasteiger partial charge in [-0.2, -0.15) is 13.2 Å². The van der Waals surface area contributed by atoms with Crippen molar-refractivity contribution in [2.24, 2.45) is 0 Å².